The van der Waals surface area contributed by atoms with Gasteiger partial charge in [0.25, 0.3) is 0 Å². The highest BCUT2D eigenvalue weighted by Gasteiger charge is 2.61. The van der Waals surface area contributed by atoms with E-state index in [2.05, 4.69) is 29.8 Å². The molecule has 2 N–H and O–H groups in total. The van der Waals surface area contributed by atoms with Crippen molar-refractivity contribution in [1.29, 1.82) is 0 Å². The monoisotopic (exact) mass is 287 g/mol. The van der Waals surface area contributed by atoms with Gasteiger partial charge < -0.3 is 5.73 Å². The Morgan fingerprint density at radius 3 is 2.53 bits per heavy atom. The highest BCUT2D eigenvalue weighted by molar-refractivity contribution is 9.10. The third-order valence-corrected chi connectivity index (χ3v) is 4.63. The van der Waals surface area contributed by atoms with Crippen molar-refractivity contribution in [1.82, 2.24) is 0 Å². The Morgan fingerprint density at radius 1 is 1.47 bits per heavy atom. The molecule has 0 aromatic heterocycles. The van der Waals surface area contributed by atoms with Crippen molar-refractivity contribution in [2.24, 2.45) is 11.1 Å². The van der Waals surface area contributed by atoms with Crippen LogP contribution in [0.3, 0.4) is 0 Å². The van der Waals surface area contributed by atoms with Crippen LogP contribution in [0.4, 0.5) is 0 Å². The molecule has 0 spiro atoms. The van der Waals surface area contributed by atoms with Crippen LogP contribution in [0.1, 0.15) is 25.8 Å². The smallest absolute Gasteiger partial charge is 0.0409 e. The van der Waals surface area contributed by atoms with Gasteiger partial charge in [-0.3, -0.25) is 0 Å². The van der Waals surface area contributed by atoms with Crippen molar-refractivity contribution in [3.8, 4) is 0 Å². The number of benzene rings is 1. The third kappa shape index (κ3) is 1.63. The van der Waals surface area contributed by atoms with Gasteiger partial charge in [0, 0.05) is 21.5 Å². The molecule has 1 aromatic rings. The van der Waals surface area contributed by atoms with E-state index >= 15 is 0 Å². The Bertz CT molecular complexity index is 403. The van der Waals surface area contributed by atoms with E-state index in [1.54, 1.807) is 0 Å². The van der Waals surface area contributed by atoms with Crippen LogP contribution in [0.25, 0.3) is 0 Å². The lowest BCUT2D eigenvalue weighted by molar-refractivity contribution is 0.501. The van der Waals surface area contributed by atoms with Gasteiger partial charge in [-0.1, -0.05) is 41.4 Å². The summed E-state index contributed by atoms with van der Waals surface area (Å²) >= 11 is 9.62. The van der Waals surface area contributed by atoms with E-state index < -0.39 is 0 Å². The molecular formula is C12H15BrClN. The maximum atomic E-state index is 6.04. The Hall–Kier alpha value is -0.0500. The van der Waals surface area contributed by atoms with Gasteiger partial charge in [-0.25, -0.2) is 0 Å². The Labute approximate surface area is 104 Å². The van der Waals surface area contributed by atoms with Crippen molar-refractivity contribution in [2.45, 2.75) is 25.7 Å². The van der Waals surface area contributed by atoms with Crippen molar-refractivity contribution < 1.29 is 0 Å². The van der Waals surface area contributed by atoms with E-state index in [0.29, 0.717) is 6.54 Å². The molecule has 0 radical (unpaired) electrons. The molecule has 2 rings (SSSR count). The SMILES string of the molecule is CC1(C)CC1(CN)c1cc(Cl)ccc1Br. The second kappa shape index (κ2) is 3.47. The van der Waals surface area contributed by atoms with Gasteiger partial charge in [0.15, 0.2) is 0 Å². The summed E-state index contributed by atoms with van der Waals surface area (Å²) < 4.78 is 1.11. The first-order valence-electron chi connectivity index (χ1n) is 5.08. The zero-order valence-electron chi connectivity index (χ0n) is 8.98. The van der Waals surface area contributed by atoms with E-state index in [0.717, 1.165) is 15.9 Å². The molecular weight excluding hydrogens is 273 g/mol. The van der Waals surface area contributed by atoms with Crippen molar-refractivity contribution in [2.75, 3.05) is 6.54 Å². The quantitative estimate of drug-likeness (QED) is 0.882. The lowest BCUT2D eigenvalue weighted by atomic mass is 9.88. The van der Waals surface area contributed by atoms with Crippen molar-refractivity contribution in [3.05, 3.63) is 33.3 Å². The second-order valence-electron chi connectivity index (χ2n) is 4.97. The Kier molecular flexibility index (Phi) is 2.65. The molecule has 1 aliphatic carbocycles. The average Bonchev–Trinajstić information content (AvgIpc) is 2.74. The fourth-order valence-electron chi connectivity index (χ4n) is 2.49. The molecule has 82 valence electrons. The number of hydrogen-bond donors (Lipinski definition) is 1. The first-order valence-corrected chi connectivity index (χ1v) is 6.26. The van der Waals surface area contributed by atoms with Gasteiger partial charge in [0.05, 0.1) is 0 Å². The van der Waals surface area contributed by atoms with Crippen LogP contribution in [0.15, 0.2) is 22.7 Å². The van der Waals surface area contributed by atoms with Crippen LogP contribution in [0.2, 0.25) is 5.02 Å². The molecule has 0 amide bonds. The summed E-state index contributed by atoms with van der Waals surface area (Å²) in [5.74, 6) is 0. The van der Waals surface area contributed by atoms with Crippen LogP contribution < -0.4 is 5.73 Å². The zero-order valence-corrected chi connectivity index (χ0v) is 11.3. The number of hydrogen-bond acceptors (Lipinski definition) is 1. The normalized spacial score (nSPS) is 27.8. The van der Waals surface area contributed by atoms with E-state index in [1.165, 1.54) is 5.56 Å². The van der Waals surface area contributed by atoms with E-state index in [9.17, 15) is 0 Å². The summed E-state index contributed by atoms with van der Waals surface area (Å²) in [6.45, 7) is 5.19. The Morgan fingerprint density at radius 2 is 2.07 bits per heavy atom. The molecule has 0 heterocycles. The fourth-order valence-corrected chi connectivity index (χ4v) is 3.29. The van der Waals surface area contributed by atoms with Crippen molar-refractivity contribution in [3.63, 3.8) is 0 Å². The minimum atomic E-state index is 0.108. The molecule has 1 aliphatic rings. The highest BCUT2D eigenvalue weighted by Crippen LogP contribution is 2.64. The van der Waals surface area contributed by atoms with Gasteiger partial charge in [-0.15, -0.1) is 0 Å². The van der Waals surface area contributed by atoms with Gasteiger partial charge in [-0.05, 0) is 35.6 Å². The predicted octanol–water partition coefficient (Wildman–Crippen LogP) is 3.73. The first kappa shape index (κ1) is 11.4. The third-order valence-electron chi connectivity index (χ3n) is 3.71. The lowest BCUT2D eigenvalue weighted by Gasteiger charge is -2.20. The maximum absolute atomic E-state index is 6.04. The fraction of sp³-hybridized carbons (Fsp3) is 0.500. The molecule has 1 atom stereocenters. The molecule has 0 saturated heterocycles. The first-order chi connectivity index (χ1) is 6.93. The number of nitrogens with two attached hydrogens (primary N) is 1. The Balaban J connectivity index is 2.50. The van der Waals surface area contributed by atoms with Crippen LogP contribution >= 0.6 is 27.5 Å². The minimum absolute atomic E-state index is 0.108. The minimum Gasteiger partial charge on any atom is -0.330 e. The zero-order chi connectivity index (χ0) is 11.3. The van der Waals surface area contributed by atoms with Crippen LogP contribution in [-0.4, -0.2) is 6.54 Å². The standard InChI is InChI=1S/C12H15BrClN/c1-11(2)6-12(11,7-15)9-5-8(14)3-4-10(9)13/h3-5H,6-7,15H2,1-2H3. The summed E-state index contributed by atoms with van der Waals surface area (Å²) in [7, 11) is 0. The maximum Gasteiger partial charge on any atom is 0.0409 e. The average molecular weight is 289 g/mol. The molecule has 15 heavy (non-hydrogen) atoms. The summed E-state index contributed by atoms with van der Waals surface area (Å²) in [6.07, 6.45) is 1.13. The summed E-state index contributed by atoms with van der Waals surface area (Å²) in [4.78, 5) is 0. The summed E-state index contributed by atoms with van der Waals surface area (Å²) in [5, 5.41) is 0.781. The molecule has 1 unspecified atom stereocenters. The summed E-state index contributed by atoms with van der Waals surface area (Å²) in [6, 6.07) is 5.94. The molecule has 3 heteroatoms. The highest BCUT2D eigenvalue weighted by atomic mass is 79.9. The van der Waals surface area contributed by atoms with Crippen LogP contribution in [0, 0.1) is 5.41 Å². The lowest BCUT2D eigenvalue weighted by Crippen LogP contribution is -2.25. The van der Waals surface area contributed by atoms with Gasteiger partial charge in [0.2, 0.25) is 0 Å². The predicted molar refractivity (Wildman–Crippen MR) is 68.3 cm³/mol. The topological polar surface area (TPSA) is 26.0 Å². The van der Waals surface area contributed by atoms with Crippen molar-refractivity contribution >= 4 is 27.5 Å². The second-order valence-corrected chi connectivity index (χ2v) is 6.26. The van der Waals surface area contributed by atoms with Crippen LogP contribution in [0.5, 0.6) is 0 Å². The molecule has 0 bridgehead atoms. The van der Waals surface area contributed by atoms with Crippen LogP contribution in [-0.2, 0) is 5.41 Å². The van der Waals surface area contributed by atoms with E-state index in [4.69, 9.17) is 17.3 Å². The van der Waals surface area contributed by atoms with Gasteiger partial charge in [0.1, 0.15) is 0 Å². The van der Waals surface area contributed by atoms with E-state index in [1.807, 2.05) is 18.2 Å². The summed E-state index contributed by atoms with van der Waals surface area (Å²) in [5.41, 5.74) is 7.58. The largest absolute Gasteiger partial charge is 0.330 e. The molecule has 1 nitrogen and oxygen atoms in total. The van der Waals surface area contributed by atoms with Gasteiger partial charge >= 0.3 is 0 Å². The molecule has 0 aliphatic heterocycles. The number of halogens is 2. The van der Waals surface area contributed by atoms with E-state index in [-0.39, 0.29) is 10.8 Å². The van der Waals surface area contributed by atoms with Gasteiger partial charge in [-0.2, -0.15) is 0 Å². The molecule has 1 fully saturated rings. The molecule has 1 aromatic carbocycles. The number of rotatable bonds is 2. The molecule has 1 saturated carbocycles.